The molecule has 1 saturated heterocycles. The molecule has 0 amide bonds. The molecule has 2 aromatic carbocycles. The Bertz CT molecular complexity index is 1170. The quantitative estimate of drug-likeness (QED) is 0.531. The molecule has 2 aliphatic rings. The molecule has 5 nitrogen and oxygen atoms in total. The van der Waals surface area contributed by atoms with Crippen molar-refractivity contribution in [3.8, 4) is 11.1 Å². The summed E-state index contributed by atoms with van der Waals surface area (Å²) in [4.78, 5) is 3.42. The molecule has 1 aliphatic heterocycles. The van der Waals surface area contributed by atoms with Crippen LogP contribution in [0, 0.1) is 0 Å². The minimum absolute atomic E-state index is 0.184. The zero-order valence-electron chi connectivity index (χ0n) is 18.8. The summed E-state index contributed by atoms with van der Waals surface area (Å²) in [7, 11) is -3.09. The SMILES string of the molecule is CCS(=O)(=O)N1CCC(c2c[nH]c3ccc(-c4ccc(CNC5CCC5)cc4)cc23)CC1. The molecule has 1 saturated carbocycles. The molecule has 170 valence electrons. The van der Waals surface area contributed by atoms with Crippen LogP contribution in [-0.4, -0.2) is 42.6 Å². The van der Waals surface area contributed by atoms with E-state index in [4.69, 9.17) is 0 Å². The van der Waals surface area contributed by atoms with Gasteiger partial charge in [-0.15, -0.1) is 0 Å². The second-order valence-corrected chi connectivity index (χ2v) is 11.5. The van der Waals surface area contributed by atoms with E-state index in [1.54, 1.807) is 11.2 Å². The largest absolute Gasteiger partial charge is 0.361 e. The molecule has 32 heavy (non-hydrogen) atoms. The van der Waals surface area contributed by atoms with E-state index in [2.05, 4.69) is 59.0 Å². The van der Waals surface area contributed by atoms with Crippen molar-refractivity contribution in [2.75, 3.05) is 18.8 Å². The molecule has 1 aromatic heterocycles. The molecule has 6 heteroatoms. The standard InChI is InChI=1S/C26H33N3O2S/c1-2-32(30,31)29-14-12-21(13-15-29)25-18-28-26-11-10-22(16-24(25)26)20-8-6-19(7-9-20)17-27-23-4-3-5-23/h6-11,16,18,21,23,27-28H,2-5,12-15,17H2,1H3. The van der Waals surface area contributed by atoms with E-state index in [9.17, 15) is 8.42 Å². The highest BCUT2D eigenvalue weighted by Gasteiger charge is 2.28. The number of fused-ring (bicyclic) bond motifs is 1. The molecule has 0 atom stereocenters. The van der Waals surface area contributed by atoms with Crippen LogP contribution in [0.15, 0.2) is 48.7 Å². The number of hydrogen-bond donors (Lipinski definition) is 2. The highest BCUT2D eigenvalue weighted by Crippen LogP contribution is 2.35. The van der Waals surface area contributed by atoms with Crippen LogP contribution in [0.2, 0.25) is 0 Å². The van der Waals surface area contributed by atoms with Gasteiger partial charge in [0.2, 0.25) is 10.0 Å². The maximum atomic E-state index is 12.2. The van der Waals surface area contributed by atoms with Gasteiger partial charge < -0.3 is 10.3 Å². The Morgan fingerprint density at radius 1 is 1.00 bits per heavy atom. The molecule has 0 radical (unpaired) electrons. The lowest BCUT2D eigenvalue weighted by molar-refractivity contribution is 0.321. The van der Waals surface area contributed by atoms with Crippen molar-refractivity contribution in [3.63, 3.8) is 0 Å². The summed E-state index contributed by atoms with van der Waals surface area (Å²) in [6, 6.07) is 16.2. The first kappa shape index (κ1) is 21.7. The van der Waals surface area contributed by atoms with Gasteiger partial charge in [0.15, 0.2) is 0 Å². The molecule has 0 bridgehead atoms. The van der Waals surface area contributed by atoms with Crippen molar-refractivity contribution in [2.45, 2.75) is 57.5 Å². The van der Waals surface area contributed by atoms with Gasteiger partial charge >= 0.3 is 0 Å². The van der Waals surface area contributed by atoms with Crippen LogP contribution >= 0.6 is 0 Å². The van der Waals surface area contributed by atoms with Gasteiger partial charge in [-0.1, -0.05) is 36.8 Å². The summed E-state index contributed by atoms with van der Waals surface area (Å²) >= 11 is 0. The predicted octanol–water partition coefficient (Wildman–Crippen LogP) is 5.01. The molecule has 5 rings (SSSR count). The van der Waals surface area contributed by atoms with Gasteiger partial charge in [0.05, 0.1) is 5.75 Å². The van der Waals surface area contributed by atoms with Gasteiger partial charge in [0.25, 0.3) is 0 Å². The zero-order valence-corrected chi connectivity index (χ0v) is 19.6. The van der Waals surface area contributed by atoms with Crippen LogP contribution in [0.5, 0.6) is 0 Å². The Balaban J connectivity index is 1.32. The molecule has 2 heterocycles. The number of rotatable bonds is 7. The Hall–Kier alpha value is -2.15. The molecule has 1 aliphatic carbocycles. The molecule has 2 N–H and O–H groups in total. The summed E-state index contributed by atoms with van der Waals surface area (Å²) in [6.45, 7) is 3.89. The first-order valence-corrected chi connectivity index (χ1v) is 13.6. The second-order valence-electron chi connectivity index (χ2n) is 9.28. The lowest BCUT2D eigenvalue weighted by Gasteiger charge is -2.30. The van der Waals surface area contributed by atoms with Crippen molar-refractivity contribution < 1.29 is 8.42 Å². The first-order valence-electron chi connectivity index (χ1n) is 11.9. The lowest BCUT2D eigenvalue weighted by atomic mass is 9.89. The molecule has 0 spiro atoms. The first-order chi connectivity index (χ1) is 15.5. The molecule has 0 unspecified atom stereocenters. The number of piperidine rings is 1. The minimum atomic E-state index is -3.09. The Morgan fingerprint density at radius 3 is 2.38 bits per heavy atom. The Labute approximate surface area is 191 Å². The highest BCUT2D eigenvalue weighted by molar-refractivity contribution is 7.89. The van der Waals surface area contributed by atoms with E-state index in [0.29, 0.717) is 25.0 Å². The average Bonchev–Trinajstić information content (AvgIpc) is 3.22. The number of H-pyrrole nitrogens is 1. The summed E-state index contributed by atoms with van der Waals surface area (Å²) in [5.74, 6) is 0.575. The fraction of sp³-hybridized carbons (Fsp3) is 0.462. The lowest BCUT2D eigenvalue weighted by Crippen LogP contribution is -2.38. The monoisotopic (exact) mass is 451 g/mol. The minimum Gasteiger partial charge on any atom is -0.361 e. The average molecular weight is 452 g/mol. The van der Waals surface area contributed by atoms with E-state index < -0.39 is 10.0 Å². The predicted molar refractivity (Wildman–Crippen MR) is 131 cm³/mol. The summed E-state index contributed by atoms with van der Waals surface area (Å²) in [5.41, 5.74) is 6.25. The fourth-order valence-corrected chi connectivity index (χ4v) is 6.11. The third-order valence-electron chi connectivity index (χ3n) is 7.35. The van der Waals surface area contributed by atoms with Crippen LogP contribution in [0.1, 0.15) is 56.1 Å². The van der Waals surface area contributed by atoms with Gasteiger partial charge in [-0.25, -0.2) is 12.7 Å². The highest BCUT2D eigenvalue weighted by atomic mass is 32.2. The van der Waals surface area contributed by atoms with Crippen LogP contribution in [0.3, 0.4) is 0 Å². The smallest absolute Gasteiger partial charge is 0.213 e. The van der Waals surface area contributed by atoms with Gasteiger partial charge in [0.1, 0.15) is 0 Å². The molecule has 3 aromatic rings. The third kappa shape index (κ3) is 4.36. The van der Waals surface area contributed by atoms with Crippen LogP contribution < -0.4 is 5.32 Å². The Morgan fingerprint density at radius 2 is 1.72 bits per heavy atom. The van der Waals surface area contributed by atoms with Gasteiger partial charge in [0, 0.05) is 42.8 Å². The van der Waals surface area contributed by atoms with Crippen molar-refractivity contribution in [1.82, 2.24) is 14.6 Å². The number of nitrogens with one attached hydrogen (secondary N) is 2. The number of benzene rings is 2. The van der Waals surface area contributed by atoms with E-state index in [1.807, 2.05) is 0 Å². The van der Waals surface area contributed by atoms with E-state index in [1.165, 1.54) is 46.9 Å². The maximum absolute atomic E-state index is 12.2. The second kappa shape index (κ2) is 9.00. The van der Waals surface area contributed by atoms with E-state index in [0.717, 1.165) is 24.9 Å². The summed E-state index contributed by atoms with van der Waals surface area (Å²) in [6.07, 6.45) is 7.85. The maximum Gasteiger partial charge on any atom is 0.213 e. The van der Waals surface area contributed by atoms with Crippen molar-refractivity contribution in [2.24, 2.45) is 0 Å². The molecule has 2 fully saturated rings. The number of nitrogens with zero attached hydrogens (tertiary/aromatic N) is 1. The topological polar surface area (TPSA) is 65.2 Å². The fourth-order valence-electron chi connectivity index (χ4n) is 4.98. The Kier molecular flexibility index (Phi) is 6.10. The van der Waals surface area contributed by atoms with Gasteiger partial charge in [-0.05, 0) is 72.9 Å². The molecular weight excluding hydrogens is 418 g/mol. The van der Waals surface area contributed by atoms with E-state index >= 15 is 0 Å². The third-order valence-corrected chi connectivity index (χ3v) is 9.23. The summed E-state index contributed by atoms with van der Waals surface area (Å²) in [5, 5.41) is 4.89. The van der Waals surface area contributed by atoms with Gasteiger partial charge in [-0.2, -0.15) is 0 Å². The number of aromatic amines is 1. The van der Waals surface area contributed by atoms with Crippen LogP contribution in [0.25, 0.3) is 22.0 Å². The van der Waals surface area contributed by atoms with Crippen molar-refractivity contribution in [1.29, 1.82) is 0 Å². The number of hydrogen-bond acceptors (Lipinski definition) is 3. The zero-order chi connectivity index (χ0) is 22.1. The van der Waals surface area contributed by atoms with Gasteiger partial charge in [-0.3, -0.25) is 0 Å². The van der Waals surface area contributed by atoms with E-state index in [-0.39, 0.29) is 5.75 Å². The number of aromatic nitrogens is 1. The summed E-state index contributed by atoms with van der Waals surface area (Å²) < 4.78 is 26.0. The normalized spacial score (nSPS) is 18.8. The van der Waals surface area contributed by atoms with Crippen LogP contribution in [0.4, 0.5) is 0 Å². The van der Waals surface area contributed by atoms with Crippen LogP contribution in [-0.2, 0) is 16.6 Å². The van der Waals surface area contributed by atoms with Crippen molar-refractivity contribution >= 4 is 20.9 Å². The van der Waals surface area contributed by atoms with Crippen molar-refractivity contribution in [3.05, 3.63) is 59.8 Å². The molecular formula is C26H33N3O2S. The number of sulfonamides is 1.